The first-order valence-corrected chi connectivity index (χ1v) is 6.25. The smallest absolute Gasteiger partial charge is 0.122 e. The highest BCUT2D eigenvalue weighted by atomic mass is 16.5. The minimum absolute atomic E-state index is 0.454. The van der Waals surface area contributed by atoms with Crippen molar-refractivity contribution in [3.05, 3.63) is 29.8 Å². The normalized spacial score (nSPS) is 12.4. The molecule has 0 aromatic heterocycles. The van der Waals surface area contributed by atoms with Crippen molar-refractivity contribution in [2.75, 3.05) is 13.2 Å². The molecule has 1 rings (SSSR count). The zero-order valence-electron chi connectivity index (χ0n) is 10.6. The monoisotopic (exact) mass is 221 g/mol. The van der Waals surface area contributed by atoms with E-state index in [9.17, 15) is 0 Å². The topological polar surface area (TPSA) is 21.3 Å². The highest BCUT2D eigenvalue weighted by Gasteiger charge is 2.06. The summed E-state index contributed by atoms with van der Waals surface area (Å²) in [6.07, 6.45) is 2.12. The summed E-state index contributed by atoms with van der Waals surface area (Å²) in [4.78, 5) is 0. The van der Waals surface area contributed by atoms with Crippen LogP contribution < -0.4 is 10.1 Å². The van der Waals surface area contributed by atoms with Crippen LogP contribution in [0.15, 0.2) is 24.3 Å². The summed E-state index contributed by atoms with van der Waals surface area (Å²) in [5.41, 5.74) is 1.29. The molecule has 0 aliphatic heterocycles. The van der Waals surface area contributed by atoms with E-state index in [1.807, 2.05) is 6.07 Å². The predicted molar refractivity (Wildman–Crippen MR) is 69.1 cm³/mol. The highest BCUT2D eigenvalue weighted by molar-refractivity contribution is 5.33. The lowest BCUT2D eigenvalue weighted by Gasteiger charge is -2.18. The minimum atomic E-state index is 0.454. The van der Waals surface area contributed by atoms with Crippen LogP contribution in [-0.2, 0) is 6.42 Å². The Balaban J connectivity index is 2.52. The maximum Gasteiger partial charge on any atom is 0.122 e. The summed E-state index contributed by atoms with van der Waals surface area (Å²) >= 11 is 0. The third-order valence-corrected chi connectivity index (χ3v) is 2.78. The van der Waals surface area contributed by atoms with Gasteiger partial charge in [0.05, 0.1) is 0 Å². The fourth-order valence-corrected chi connectivity index (χ4v) is 1.74. The van der Waals surface area contributed by atoms with Gasteiger partial charge in [-0.2, -0.15) is 0 Å². The molecule has 0 aliphatic rings. The Hall–Kier alpha value is -1.02. The zero-order chi connectivity index (χ0) is 11.8. The van der Waals surface area contributed by atoms with E-state index in [1.54, 1.807) is 0 Å². The molecule has 0 bridgehead atoms. The molecule has 1 atom stereocenters. The van der Waals surface area contributed by atoms with Crippen LogP contribution in [0.3, 0.4) is 0 Å². The Labute approximate surface area is 99.0 Å². The van der Waals surface area contributed by atoms with E-state index in [0.717, 1.165) is 31.7 Å². The van der Waals surface area contributed by atoms with Gasteiger partial charge in [0.15, 0.2) is 0 Å². The van der Waals surface area contributed by atoms with Gasteiger partial charge in [0.1, 0.15) is 12.4 Å². The molecule has 2 nitrogen and oxygen atoms in total. The minimum Gasteiger partial charge on any atom is -0.492 e. The third-order valence-electron chi connectivity index (χ3n) is 2.78. The van der Waals surface area contributed by atoms with E-state index < -0.39 is 0 Å². The first-order chi connectivity index (χ1) is 7.81. The summed E-state index contributed by atoms with van der Waals surface area (Å²) in [7, 11) is 0. The largest absolute Gasteiger partial charge is 0.492 e. The summed E-state index contributed by atoms with van der Waals surface area (Å²) in [5.74, 6) is 1.03. The van der Waals surface area contributed by atoms with Crippen LogP contribution in [0.5, 0.6) is 5.75 Å². The molecule has 1 unspecified atom stereocenters. The molecular weight excluding hydrogens is 198 g/mol. The van der Waals surface area contributed by atoms with Crippen LogP contribution >= 0.6 is 0 Å². The van der Waals surface area contributed by atoms with Crippen molar-refractivity contribution in [1.29, 1.82) is 0 Å². The van der Waals surface area contributed by atoms with Gasteiger partial charge in [-0.05, 0) is 31.0 Å². The fraction of sp³-hybridized carbons (Fsp3) is 0.571. The van der Waals surface area contributed by atoms with Gasteiger partial charge in [-0.15, -0.1) is 0 Å². The van der Waals surface area contributed by atoms with Crippen LogP contribution in [0, 0.1) is 0 Å². The van der Waals surface area contributed by atoms with Gasteiger partial charge in [0.2, 0.25) is 0 Å². The molecule has 0 amide bonds. The summed E-state index contributed by atoms with van der Waals surface area (Å²) in [6, 6.07) is 8.73. The van der Waals surface area contributed by atoms with E-state index in [2.05, 4.69) is 44.3 Å². The number of nitrogens with one attached hydrogen (secondary N) is 1. The number of likely N-dealkylation sites (N-methyl/N-ethyl adjacent to an activating group) is 1. The van der Waals surface area contributed by atoms with Crippen molar-refractivity contribution >= 4 is 0 Å². The van der Waals surface area contributed by atoms with Crippen molar-refractivity contribution in [2.24, 2.45) is 0 Å². The lowest BCUT2D eigenvalue weighted by Crippen LogP contribution is -2.33. The number of benzene rings is 1. The Morgan fingerprint density at radius 3 is 2.56 bits per heavy atom. The van der Waals surface area contributed by atoms with Crippen molar-refractivity contribution in [3.63, 3.8) is 0 Å². The van der Waals surface area contributed by atoms with Gasteiger partial charge in [0.25, 0.3) is 0 Å². The molecular formula is C14H23NO. The number of hydrogen-bond acceptors (Lipinski definition) is 2. The molecule has 0 fully saturated rings. The predicted octanol–water partition coefficient (Wildman–Crippen LogP) is 3.02. The van der Waals surface area contributed by atoms with Crippen LogP contribution in [-0.4, -0.2) is 19.2 Å². The van der Waals surface area contributed by atoms with Crippen molar-refractivity contribution in [3.8, 4) is 5.75 Å². The second-order valence-corrected chi connectivity index (χ2v) is 3.94. The Bertz CT molecular complexity index is 299. The molecule has 2 heteroatoms. The van der Waals surface area contributed by atoms with Gasteiger partial charge >= 0.3 is 0 Å². The van der Waals surface area contributed by atoms with E-state index in [4.69, 9.17) is 4.74 Å². The first kappa shape index (κ1) is 13.0. The standard InChI is InChI=1S/C14H23NO/c1-4-12-9-7-8-10-14(12)16-11-13(5-2)15-6-3/h7-10,13,15H,4-6,11H2,1-3H3. The molecule has 1 N–H and O–H groups in total. The molecule has 0 saturated carbocycles. The van der Waals surface area contributed by atoms with Gasteiger partial charge in [-0.1, -0.05) is 39.0 Å². The number of ether oxygens (including phenoxy) is 1. The third kappa shape index (κ3) is 3.86. The van der Waals surface area contributed by atoms with Gasteiger partial charge < -0.3 is 10.1 Å². The number of rotatable bonds is 7. The SMILES string of the molecule is CCNC(CC)COc1ccccc1CC. The Kier molecular flexibility index (Phi) is 5.94. The van der Waals surface area contributed by atoms with E-state index in [1.165, 1.54) is 5.56 Å². The quantitative estimate of drug-likeness (QED) is 0.764. The molecule has 0 radical (unpaired) electrons. The molecule has 0 saturated heterocycles. The van der Waals surface area contributed by atoms with Crippen molar-refractivity contribution < 1.29 is 4.74 Å². The van der Waals surface area contributed by atoms with Crippen molar-refractivity contribution in [1.82, 2.24) is 5.32 Å². The molecule has 0 aliphatic carbocycles. The van der Waals surface area contributed by atoms with Crippen molar-refractivity contribution in [2.45, 2.75) is 39.7 Å². The second kappa shape index (κ2) is 7.29. The number of hydrogen-bond donors (Lipinski definition) is 1. The average Bonchev–Trinajstić information content (AvgIpc) is 2.34. The van der Waals surface area contributed by atoms with Gasteiger partial charge in [-0.3, -0.25) is 0 Å². The number of para-hydroxylation sites is 1. The summed E-state index contributed by atoms with van der Waals surface area (Å²) < 4.78 is 5.87. The van der Waals surface area contributed by atoms with Crippen LogP contribution in [0.2, 0.25) is 0 Å². The van der Waals surface area contributed by atoms with E-state index in [-0.39, 0.29) is 0 Å². The summed E-state index contributed by atoms with van der Waals surface area (Å²) in [5, 5.41) is 3.42. The van der Waals surface area contributed by atoms with Gasteiger partial charge in [0, 0.05) is 6.04 Å². The van der Waals surface area contributed by atoms with E-state index in [0.29, 0.717) is 6.04 Å². The fourth-order valence-electron chi connectivity index (χ4n) is 1.74. The maximum absolute atomic E-state index is 5.87. The molecule has 1 aromatic carbocycles. The Morgan fingerprint density at radius 1 is 1.19 bits per heavy atom. The molecule has 0 heterocycles. The maximum atomic E-state index is 5.87. The number of aryl methyl sites for hydroxylation is 1. The molecule has 90 valence electrons. The Morgan fingerprint density at radius 2 is 1.94 bits per heavy atom. The average molecular weight is 221 g/mol. The summed E-state index contributed by atoms with van der Waals surface area (Å²) in [6.45, 7) is 8.22. The lowest BCUT2D eigenvalue weighted by molar-refractivity contribution is 0.260. The van der Waals surface area contributed by atoms with Crippen LogP contribution in [0.25, 0.3) is 0 Å². The lowest BCUT2D eigenvalue weighted by atomic mass is 10.1. The molecule has 1 aromatic rings. The van der Waals surface area contributed by atoms with Crippen LogP contribution in [0.1, 0.15) is 32.8 Å². The van der Waals surface area contributed by atoms with E-state index >= 15 is 0 Å². The van der Waals surface area contributed by atoms with Gasteiger partial charge in [-0.25, -0.2) is 0 Å². The zero-order valence-corrected chi connectivity index (χ0v) is 10.6. The highest BCUT2D eigenvalue weighted by Crippen LogP contribution is 2.18. The first-order valence-electron chi connectivity index (χ1n) is 6.25. The second-order valence-electron chi connectivity index (χ2n) is 3.94. The molecule has 0 spiro atoms. The van der Waals surface area contributed by atoms with Crippen LogP contribution in [0.4, 0.5) is 0 Å². The molecule has 16 heavy (non-hydrogen) atoms.